The fraction of sp³-hybridized carbons (Fsp3) is 0.606. The minimum absolute atomic E-state index is 0.150. The summed E-state index contributed by atoms with van der Waals surface area (Å²) in [7, 11) is 3.50. The molecule has 2 bridgehead atoms. The van der Waals surface area contributed by atoms with E-state index in [4.69, 9.17) is 24.7 Å². The van der Waals surface area contributed by atoms with Gasteiger partial charge in [0.05, 0.1) is 31.0 Å². The first-order chi connectivity index (χ1) is 22.9. The number of ether oxygens (including phenoxy) is 4. The Morgan fingerprint density at radius 3 is 2.65 bits per heavy atom. The van der Waals surface area contributed by atoms with Gasteiger partial charge in [-0.25, -0.2) is 4.79 Å². The first kappa shape index (κ1) is 35.1. The van der Waals surface area contributed by atoms with Crippen molar-refractivity contribution in [3.05, 3.63) is 35.1 Å². The lowest BCUT2D eigenvalue weighted by Gasteiger charge is -2.61. The maximum atomic E-state index is 13.2. The van der Waals surface area contributed by atoms with Crippen LogP contribution in [0.2, 0.25) is 0 Å². The molecule has 1 aromatic carbocycles. The molecule has 2 aliphatic heterocycles. The average molecular weight is 673 g/mol. The van der Waals surface area contributed by atoms with E-state index in [2.05, 4.69) is 15.5 Å². The molecule has 1 saturated heterocycles. The topological polar surface area (TPSA) is 216 Å². The van der Waals surface area contributed by atoms with Crippen LogP contribution in [-0.2, 0) is 45.3 Å². The lowest BCUT2D eigenvalue weighted by atomic mass is 9.50. The normalized spacial score (nSPS) is 26.1. The molecule has 15 heteroatoms. The van der Waals surface area contributed by atoms with Gasteiger partial charge in [0.25, 0.3) is 0 Å². The largest absolute Gasteiger partial charge is 0.493 e. The van der Waals surface area contributed by atoms with Crippen molar-refractivity contribution in [1.29, 1.82) is 0 Å². The van der Waals surface area contributed by atoms with Gasteiger partial charge in [-0.1, -0.05) is 6.07 Å². The van der Waals surface area contributed by atoms with Crippen LogP contribution in [0.15, 0.2) is 24.0 Å². The Morgan fingerprint density at radius 2 is 1.96 bits per heavy atom. The molecule has 2 aliphatic carbocycles. The number of piperidine rings is 1. The number of likely N-dealkylation sites (tertiary alicyclic amines) is 1. The summed E-state index contributed by atoms with van der Waals surface area (Å²) in [5.74, 6) is -3.22. The van der Waals surface area contributed by atoms with Crippen molar-refractivity contribution in [3.63, 3.8) is 0 Å². The Labute approximate surface area is 278 Å². The molecule has 0 aromatic heterocycles. The van der Waals surface area contributed by atoms with Crippen molar-refractivity contribution in [2.75, 3.05) is 33.8 Å². The number of nitrogens with two attached hydrogens (primary N) is 1. The molecule has 262 valence electrons. The number of aliphatic hydroxyl groups is 1. The molecule has 0 saturated carbocycles. The van der Waals surface area contributed by atoms with Crippen molar-refractivity contribution < 1.29 is 53.1 Å². The van der Waals surface area contributed by atoms with Crippen molar-refractivity contribution in [3.8, 4) is 11.5 Å². The summed E-state index contributed by atoms with van der Waals surface area (Å²) < 4.78 is 22.8. The Hall–Kier alpha value is -4.21. The average Bonchev–Trinajstić information content (AvgIpc) is 3.39. The van der Waals surface area contributed by atoms with E-state index in [0.717, 1.165) is 11.1 Å². The van der Waals surface area contributed by atoms with Gasteiger partial charge in [-0.3, -0.25) is 19.2 Å². The van der Waals surface area contributed by atoms with E-state index in [1.54, 1.807) is 6.08 Å². The molecule has 2 heterocycles. The van der Waals surface area contributed by atoms with Gasteiger partial charge in [0.1, 0.15) is 11.8 Å². The number of benzene rings is 1. The van der Waals surface area contributed by atoms with Gasteiger partial charge in [0, 0.05) is 31.5 Å². The minimum atomic E-state index is -1.85. The molecule has 48 heavy (non-hydrogen) atoms. The van der Waals surface area contributed by atoms with Gasteiger partial charge in [-0.05, 0) is 69.9 Å². The van der Waals surface area contributed by atoms with Crippen LogP contribution in [0.3, 0.4) is 0 Å². The SMILES string of the molecule is COc1ccc2c3c1O[C@@H]1C(OC(=O)C[C@H](OC(=O)CCNC(=O)[C@H](CCCCN)NC(C)=O)C(=O)O)=CC[C@]4(O)[C@H](C2)N(C)CC[C@@]314. The van der Waals surface area contributed by atoms with Gasteiger partial charge in [0.2, 0.25) is 17.9 Å². The number of esters is 2. The fourth-order valence-electron chi connectivity index (χ4n) is 7.73. The summed E-state index contributed by atoms with van der Waals surface area (Å²) in [6.07, 6.45) is 0.694. The number of unbranched alkanes of at least 4 members (excludes halogenated alkanes) is 1. The molecule has 5 rings (SSSR count). The Kier molecular flexibility index (Phi) is 10.3. The molecule has 0 unspecified atom stereocenters. The molecule has 6 atom stereocenters. The number of carboxylic acids is 1. The first-order valence-corrected chi connectivity index (χ1v) is 16.2. The molecule has 6 N–H and O–H groups in total. The van der Waals surface area contributed by atoms with E-state index >= 15 is 0 Å². The monoisotopic (exact) mass is 672 g/mol. The second kappa shape index (κ2) is 14.1. The zero-order chi connectivity index (χ0) is 34.8. The van der Waals surface area contributed by atoms with Crippen LogP contribution < -0.4 is 25.8 Å². The summed E-state index contributed by atoms with van der Waals surface area (Å²) in [6, 6.07) is 2.78. The van der Waals surface area contributed by atoms with Crippen LogP contribution >= 0.6 is 0 Å². The number of rotatable bonds is 15. The summed E-state index contributed by atoms with van der Waals surface area (Å²) in [5, 5.41) is 27.1. The third-order valence-corrected chi connectivity index (χ3v) is 9.96. The molecule has 1 spiro atoms. The number of likely N-dealkylation sites (N-methyl/N-ethyl adjacent to an activating group) is 1. The highest BCUT2D eigenvalue weighted by Crippen LogP contribution is 2.65. The van der Waals surface area contributed by atoms with Crippen LogP contribution in [0, 0.1) is 0 Å². The summed E-state index contributed by atoms with van der Waals surface area (Å²) in [6.45, 7) is 2.22. The fourth-order valence-corrected chi connectivity index (χ4v) is 7.73. The zero-order valence-corrected chi connectivity index (χ0v) is 27.4. The van der Waals surface area contributed by atoms with Crippen LogP contribution in [0.5, 0.6) is 11.5 Å². The van der Waals surface area contributed by atoms with Crippen molar-refractivity contribution in [1.82, 2.24) is 15.5 Å². The Morgan fingerprint density at radius 1 is 1.19 bits per heavy atom. The molecule has 1 fully saturated rings. The third-order valence-electron chi connectivity index (χ3n) is 9.96. The van der Waals surface area contributed by atoms with Crippen LogP contribution in [0.25, 0.3) is 0 Å². The van der Waals surface area contributed by atoms with Crippen molar-refractivity contribution in [2.24, 2.45) is 5.73 Å². The Balaban J connectivity index is 1.22. The summed E-state index contributed by atoms with van der Waals surface area (Å²) in [5.41, 5.74) is 5.23. The van der Waals surface area contributed by atoms with E-state index < -0.39 is 59.5 Å². The molecule has 2 amide bonds. The molecule has 4 aliphatic rings. The highest BCUT2D eigenvalue weighted by Gasteiger charge is 2.72. The third kappa shape index (κ3) is 6.33. The number of hydrogen-bond acceptors (Lipinski definition) is 12. The minimum Gasteiger partial charge on any atom is -0.493 e. The highest BCUT2D eigenvalue weighted by molar-refractivity contribution is 5.87. The maximum absolute atomic E-state index is 13.2. The van der Waals surface area contributed by atoms with Crippen LogP contribution in [0.4, 0.5) is 0 Å². The standard InChI is InChI=1S/C33H44N4O11/c1-18(38)36-20(6-4-5-13-34)30(41)35-14-10-25(39)47-23(31(42)43)17-26(40)46-22-9-11-33(44)24-16-19-7-8-21(45-3)28-27(19)32(33,29(22)48-28)12-15-37(24)2/h7-9,20,23-24,29,44H,4-6,10-17,34H2,1-3H3,(H,35,41)(H,36,38)(H,42,43)/t20-,23-,24-,29+,32+,33-/m0/s1. The highest BCUT2D eigenvalue weighted by atomic mass is 16.6. The van der Waals surface area contributed by atoms with Gasteiger partial charge in [-0.15, -0.1) is 0 Å². The number of hydrogen-bond donors (Lipinski definition) is 5. The summed E-state index contributed by atoms with van der Waals surface area (Å²) >= 11 is 0. The number of nitrogens with zero attached hydrogens (tertiary/aromatic N) is 1. The van der Waals surface area contributed by atoms with Crippen LogP contribution in [0.1, 0.15) is 63.0 Å². The molecular weight excluding hydrogens is 628 g/mol. The number of carbonyl (C=O) groups excluding carboxylic acids is 4. The van der Waals surface area contributed by atoms with Gasteiger partial charge >= 0.3 is 17.9 Å². The van der Waals surface area contributed by atoms with E-state index in [-0.39, 0.29) is 37.1 Å². The zero-order valence-electron chi connectivity index (χ0n) is 27.4. The van der Waals surface area contributed by atoms with Gasteiger partial charge < -0.3 is 50.4 Å². The van der Waals surface area contributed by atoms with Crippen molar-refractivity contribution in [2.45, 2.75) is 93.6 Å². The first-order valence-electron chi connectivity index (χ1n) is 16.2. The number of nitrogens with one attached hydrogen (secondary N) is 2. The number of amides is 2. The number of carbonyl (C=O) groups is 5. The maximum Gasteiger partial charge on any atom is 0.345 e. The second-order valence-electron chi connectivity index (χ2n) is 12.9. The van der Waals surface area contributed by atoms with Gasteiger partial charge in [0.15, 0.2) is 17.6 Å². The quantitative estimate of drug-likeness (QED) is 0.123. The molecule has 15 nitrogen and oxygen atoms in total. The number of carboxylic acid groups (broad SMARTS) is 1. The summed E-state index contributed by atoms with van der Waals surface area (Å²) in [4.78, 5) is 63.8. The van der Waals surface area contributed by atoms with E-state index in [1.165, 1.54) is 14.0 Å². The number of aliphatic carboxylic acids is 1. The predicted molar refractivity (Wildman–Crippen MR) is 168 cm³/mol. The lowest BCUT2D eigenvalue weighted by molar-refractivity contribution is -0.173. The molecule has 1 aromatic rings. The smallest absolute Gasteiger partial charge is 0.345 e. The van der Waals surface area contributed by atoms with E-state index in [0.29, 0.717) is 56.7 Å². The predicted octanol–water partition coefficient (Wildman–Crippen LogP) is 0.0426. The second-order valence-corrected chi connectivity index (χ2v) is 12.9. The van der Waals surface area contributed by atoms with Crippen molar-refractivity contribution >= 4 is 29.7 Å². The van der Waals surface area contributed by atoms with Crippen LogP contribution in [-0.4, -0.2) is 109 Å². The van der Waals surface area contributed by atoms with Gasteiger partial charge in [-0.2, -0.15) is 0 Å². The Bertz CT molecular complexity index is 1500. The molecule has 0 radical (unpaired) electrons. The van der Waals surface area contributed by atoms with E-state index in [9.17, 15) is 34.2 Å². The lowest BCUT2D eigenvalue weighted by Crippen LogP contribution is -2.74. The molecular formula is C33H44N4O11. The number of methoxy groups -OCH3 is 1. The van der Waals surface area contributed by atoms with E-state index in [1.807, 2.05) is 19.2 Å².